The molecule has 20 heavy (non-hydrogen) atoms. The number of aliphatic hydroxyl groups excluding tert-OH is 1. The standard InChI is InChI=1S/C18H29NO/c1-11-12(2)17(19-13(11)3)18(20)16-9-8-14-6-4-5-7-15(14)10-16/h14-16,18-20H,4-10H2,1-3H3. The first kappa shape index (κ1) is 14.2. The molecule has 4 atom stereocenters. The average Bonchev–Trinajstić information content (AvgIpc) is 2.73. The van der Waals surface area contributed by atoms with Crippen LogP contribution in [0.5, 0.6) is 0 Å². The first-order chi connectivity index (χ1) is 9.58. The largest absolute Gasteiger partial charge is 0.387 e. The van der Waals surface area contributed by atoms with Crippen molar-refractivity contribution in [3.05, 3.63) is 22.5 Å². The van der Waals surface area contributed by atoms with Crippen molar-refractivity contribution in [2.45, 2.75) is 71.8 Å². The fraction of sp³-hybridized carbons (Fsp3) is 0.778. The molecule has 1 aromatic rings. The molecular weight excluding hydrogens is 246 g/mol. The Bertz CT molecular complexity index is 476. The highest BCUT2D eigenvalue weighted by Crippen LogP contribution is 2.46. The summed E-state index contributed by atoms with van der Waals surface area (Å²) in [6.07, 6.45) is 9.17. The maximum absolute atomic E-state index is 10.8. The van der Waals surface area contributed by atoms with Gasteiger partial charge >= 0.3 is 0 Å². The summed E-state index contributed by atoms with van der Waals surface area (Å²) < 4.78 is 0. The molecule has 0 bridgehead atoms. The van der Waals surface area contributed by atoms with Gasteiger partial charge < -0.3 is 10.1 Å². The molecule has 2 saturated carbocycles. The van der Waals surface area contributed by atoms with Gasteiger partial charge in [-0.3, -0.25) is 0 Å². The van der Waals surface area contributed by atoms with Gasteiger partial charge in [-0.05, 0) is 68.9 Å². The van der Waals surface area contributed by atoms with E-state index in [9.17, 15) is 5.11 Å². The summed E-state index contributed by atoms with van der Waals surface area (Å²) in [5, 5.41) is 10.8. The lowest BCUT2D eigenvalue weighted by Crippen LogP contribution is -2.30. The molecule has 3 rings (SSSR count). The molecule has 2 heteroatoms. The van der Waals surface area contributed by atoms with Crippen LogP contribution in [0, 0.1) is 38.5 Å². The molecule has 0 amide bonds. The van der Waals surface area contributed by atoms with E-state index in [1.165, 1.54) is 61.8 Å². The third-order valence-electron chi connectivity index (χ3n) is 6.17. The Labute approximate surface area is 123 Å². The van der Waals surface area contributed by atoms with Crippen LogP contribution >= 0.6 is 0 Å². The SMILES string of the molecule is Cc1[nH]c(C(O)C2CCC3CCCCC3C2)c(C)c1C. The van der Waals surface area contributed by atoms with Gasteiger partial charge in [0, 0.05) is 11.4 Å². The van der Waals surface area contributed by atoms with E-state index in [0.29, 0.717) is 5.92 Å². The summed E-state index contributed by atoms with van der Waals surface area (Å²) in [6, 6.07) is 0. The summed E-state index contributed by atoms with van der Waals surface area (Å²) in [4.78, 5) is 3.43. The first-order valence-corrected chi connectivity index (χ1v) is 8.41. The quantitative estimate of drug-likeness (QED) is 0.814. The van der Waals surface area contributed by atoms with E-state index in [1.54, 1.807) is 0 Å². The van der Waals surface area contributed by atoms with Crippen LogP contribution in [-0.2, 0) is 0 Å². The Morgan fingerprint density at radius 2 is 1.65 bits per heavy atom. The van der Waals surface area contributed by atoms with Crippen molar-refractivity contribution >= 4 is 0 Å². The second kappa shape index (κ2) is 5.55. The molecule has 0 spiro atoms. The van der Waals surface area contributed by atoms with Crippen molar-refractivity contribution in [3.63, 3.8) is 0 Å². The van der Waals surface area contributed by atoms with Crippen LogP contribution in [0.4, 0.5) is 0 Å². The average molecular weight is 275 g/mol. The topological polar surface area (TPSA) is 36.0 Å². The van der Waals surface area contributed by atoms with Crippen LogP contribution in [-0.4, -0.2) is 10.1 Å². The highest BCUT2D eigenvalue weighted by molar-refractivity contribution is 5.35. The molecule has 2 aliphatic carbocycles. The third kappa shape index (κ3) is 2.43. The van der Waals surface area contributed by atoms with Gasteiger partial charge in [0.25, 0.3) is 0 Å². The van der Waals surface area contributed by atoms with Crippen LogP contribution in [0.25, 0.3) is 0 Å². The molecule has 0 saturated heterocycles. The normalized spacial score (nSPS) is 31.9. The minimum atomic E-state index is -0.287. The molecule has 1 heterocycles. The Morgan fingerprint density at radius 3 is 2.30 bits per heavy atom. The highest BCUT2D eigenvalue weighted by Gasteiger charge is 2.36. The number of fused-ring (bicyclic) bond motifs is 1. The van der Waals surface area contributed by atoms with Crippen molar-refractivity contribution in [3.8, 4) is 0 Å². The number of aliphatic hydroxyl groups is 1. The van der Waals surface area contributed by atoms with E-state index >= 15 is 0 Å². The highest BCUT2D eigenvalue weighted by atomic mass is 16.3. The predicted octanol–water partition coefficient (Wildman–Crippen LogP) is 4.58. The zero-order chi connectivity index (χ0) is 14.3. The minimum absolute atomic E-state index is 0.287. The van der Waals surface area contributed by atoms with Crippen molar-refractivity contribution in [2.24, 2.45) is 17.8 Å². The smallest absolute Gasteiger partial charge is 0.0968 e. The van der Waals surface area contributed by atoms with E-state index in [-0.39, 0.29) is 6.10 Å². The van der Waals surface area contributed by atoms with Crippen LogP contribution in [0.15, 0.2) is 0 Å². The van der Waals surface area contributed by atoms with Crippen LogP contribution in [0.2, 0.25) is 0 Å². The molecule has 0 radical (unpaired) electrons. The molecule has 2 N–H and O–H groups in total. The maximum atomic E-state index is 10.8. The minimum Gasteiger partial charge on any atom is -0.387 e. The summed E-state index contributed by atoms with van der Waals surface area (Å²) in [5.41, 5.74) is 4.87. The van der Waals surface area contributed by atoms with Gasteiger partial charge in [0.2, 0.25) is 0 Å². The molecular formula is C18H29NO. The van der Waals surface area contributed by atoms with Crippen molar-refractivity contribution in [1.29, 1.82) is 0 Å². The summed E-state index contributed by atoms with van der Waals surface area (Å²) in [7, 11) is 0. The number of aromatic nitrogens is 1. The van der Waals surface area contributed by atoms with Gasteiger partial charge in [-0.1, -0.05) is 25.7 Å². The molecule has 112 valence electrons. The van der Waals surface area contributed by atoms with E-state index in [1.807, 2.05) is 0 Å². The molecule has 2 aliphatic rings. The van der Waals surface area contributed by atoms with E-state index in [4.69, 9.17) is 0 Å². The predicted molar refractivity (Wildman–Crippen MR) is 82.8 cm³/mol. The fourth-order valence-corrected chi connectivity index (χ4v) is 4.60. The molecule has 0 aliphatic heterocycles. The Morgan fingerprint density at radius 1 is 0.950 bits per heavy atom. The number of aryl methyl sites for hydroxylation is 1. The molecule has 2 fully saturated rings. The molecule has 1 aromatic heterocycles. The van der Waals surface area contributed by atoms with E-state index in [0.717, 1.165) is 17.5 Å². The van der Waals surface area contributed by atoms with Gasteiger partial charge in [-0.25, -0.2) is 0 Å². The van der Waals surface area contributed by atoms with Gasteiger partial charge in [0.15, 0.2) is 0 Å². The number of nitrogens with one attached hydrogen (secondary N) is 1. The van der Waals surface area contributed by atoms with Crippen molar-refractivity contribution in [1.82, 2.24) is 4.98 Å². The second-order valence-corrected chi connectivity index (χ2v) is 7.24. The van der Waals surface area contributed by atoms with Crippen LogP contribution in [0.1, 0.15) is 73.6 Å². The van der Waals surface area contributed by atoms with Crippen molar-refractivity contribution in [2.75, 3.05) is 0 Å². The summed E-state index contributed by atoms with van der Waals surface area (Å²) in [6.45, 7) is 6.40. The zero-order valence-corrected chi connectivity index (χ0v) is 13.2. The van der Waals surface area contributed by atoms with Gasteiger partial charge in [-0.15, -0.1) is 0 Å². The number of aromatic amines is 1. The van der Waals surface area contributed by atoms with Crippen LogP contribution < -0.4 is 0 Å². The number of hydrogen-bond donors (Lipinski definition) is 2. The maximum Gasteiger partial charge on any atom is 0.0968 e. The van der Waals surface area contributed by atoms with Gasteiger partial charge in [-0.2, -0.15) is 0 Å². The Balaban J connectivity index is 1.74. The zero-order valence-electron chi connectivity index (χ0n) is 13.2. The van der Waals surface area contributed by atoms with E-state index in [2.05, 4.69) is 25.8 Å². The van der Waals surface area contributed by atoms with Gasteiger partial charge in [0.05, 0.1) is 6.10 Å². The van der Waals surface area contributed by atoms with Gasteiger partial charge in [0.1, 0.15) is 0 Å². The Hall–Kier alpha value is -0.760. The summed E-state index contributed by atoms with van der Waals surface area (Å²) >= 11 is 0. The monoisotopic (exact) mass is 275 g/mol. The number of H-pyrrole nitrogens is 1. The molecule has 4 unspecified atom stereocenters. The lowest BCUT2D eigenvalue weighted by atomic mass is 9.66. The molecule has 2 nitrogen and oxygen atoms in total. The summed E-state index contributed by atoms with van der Waals surface area (Å²) in [5.74, 6) is 2.31. The second-order valence-electron chi connectivity index (χ2n) is 7.24. The number of hydrogen-bond acceptors (Lipinski definition) is 1. The Kier molecular flexibility index (Phi) is 3.94. The lowest BCUT2D eigenvalue weighted by molar-refractivity contribution is 0.0325. The van der Waals surface area contributed by atoms with E-state index < -0.39 is 0 Å². The molecule has 0 aromatic carbocycles. The third-order valence-corrected chi connectivity index (χ3v) is 6.17. The lowest BCUT2D eigenvalue weighted by Gasteiger charge is -2.40. The first-order valence-electron chi connectivity index (χ1n) is 8.41. The van der Waals surface area contributed by atoms with Crippen molar-refractivity contribution < 1.29 is 5.11 Å². The number of rotatable bonds is 2. The fourth-order valence-electron chi connectivity index (χ4n) is 4.60. The van der Waals surface area contributed by atoms with Crippen LogP contribution in [0.3, 0.4) is 0 Å².